The molecule has 4 nitrogen and oxygen atoms in total. The third-order valence-corrected chi connectivity index (χ3v) is 5.11. The largest absolute Gasteiger partial charge is 0.388 e. The number of ether oxygens (including phenoxy) is 1. The molecule has 0 aromatic carbocycles. The molecular weight excluding hydrogens is 252 g/mol. The molecular formula is C16H26N2O2. The second kappa shape index (κ2) is 5.49. The van der Waals surface area contributed by atoms with E-state index in [-0.39, 0.29) is 5.60 Å². The van der Waals surface area contributed by atoms with Gasteiger partial charge in [-0.05, 0) is 38.5 Å². The maximum Gasteiger partial charge on any atom is 0.0853 e. The lowest BCUT2D eigenvalue weighted by Gasteiger charge is -2.44. The summed E-state index contributed by atoms with van der Waals surface area (Å²) >= 11 is 0. The zero-order valence-electron chi connectivity index (χ0n) is 12.6. The Kier molecular flexibility index (Phi) is 3.87. The number of hydrogen-bond acceptors (Lipinski definition) is 3. The van der Waals surface area contributed by atoms with Crippen LogP contribution < -0.4 is 0 Å². The summed E-state index contributed by atoms with van der Waals surface area (Å²) in [5, 5.41) is 15.1. The Bertz CT molecular complexity index is 458. The van der Waals surface area contributed by atoms with Crippen molar-refractivity contribution in [1.82, 2.24) is 9.78 Å². The number of nitrogens with zero attached hydrogens (tertiary/aromatic N) is 2. The zero-order valence-corrected chi connectivity index (χ0v) is 12.6. The predicted molar refractivity (Wildman–Crippen MR) is 77.4 cm³/mol. The van der Waals surface area contributed by atoms with Gasteiger partial charge in [0.05, 0.1) is 17.4 Å². The quantitative estimate of drug-likeness (QED) is 0.905. The van der Waals surface area contributed by atoms with Crippen LogP contribution in [-0.2, 0) is 11.8 Å². The van der Waals surface area contributed by atoms with Gasteiger partial charge in [0.25, 0.3) is 0 Å². The third kappa shape index (κ3) is 2.63. The summed E-state index contributed by atoms with van der Waals surface area (Å²) in [6.07, 6.45) is 9.74. The maximum absolute atomic E-state index is 10.7. The van der Waals surface area contributed by atoms with Crippen LogP contribution in [0.4, 0.5) is 0 Å². The van der Waals surface area contributed by atoms with Crippen LogP contribution in [0.1, 0.15) is 62.3 Å². The molecule has 1 aliphatic heterocycles. The normalized spacial score (nSPS) is 27.6. The molecule has 3 rings (SSSR count). The lowest BCUT2D eigenvalue weighted by molar-refractivity contribution is -0.134. The first-order chi connectivity index (χ1) is 9.60. The molecule has 2 atom stereocenters. The van der Waals surface area contributed by atoms with E-state index in [1.807, 2.05) is 20.2 Å². The van der Waals surface area contributed by atoms with Crippen LogP contribution in [0.2, 0.25) is 0 Å². The number of hydrogen-bond donors (Lipinski definition) is 1. The Morgan fingerprint density at radius 2 is 2.15 bits per heavy atom. The van der Waals surface area contributed by atoms with E-state index < -0.39 is 6.10 Å². The molecule has 0 amide bonds. The Balaban J connectivity index is 1.74. The number of aliphatic hydroxyl groups is 1. The molecule has 2 fully saturated rings. The van der Waals surface area contributed by atoms with Gasteiger partial charge in [0.1, 0.15) is 0 Å². The first-order valence-electron chi connectivity index (χ1n) is 7.92. The van der Waals surface area contributed by atoms with E-state index in [2.05, 4.69) is 5.10 Å². The molecule has 1 aliphatic carbocycles. The molecule has 0 bridgehead atoms. The van der Waals surface area contributed by atoms with Crippen LogP contribution in [0.5, 0.6) is 0 Å². The Labute approximate surface area is 121 Å². The fourth-order valence-electron chi connectivity index (χ4n) is 4.04. The molecule has 20 heavy (non-hydrogen) atoms. The second-order valence-electron chi connectivity index (χ2n) is 6.63. The average molecular weight is 278 g/mol. The first kappa shape index (κ1) is 14.1. The van der Waals surface area contributed by atoms with Crippen LogP contribution in [0.15, 0.2) is 6.20 Å². The summed E-state index contributed by atoms with van der Waals surface area (Å²) in [7, 11) is 1.91. The minimum atomic E-state index is -0.397. The number of rotatable bonds is 2. The standard InChI is InChI=1S/C16H26N2O2/c1-12-14(11-18(2)17-12)15(19)13-6-9-20-16(10-13)7-4-3-5-8-16/h11,13,15,19H,3-10H2,1-2H3. The summed E-state index contributed by atoms with van der Waals surface area (Å²) in [6.45, 7) is 2.77. The Morgan fingerprint density at radius 1 is 1.40 bits per heavy atom. The smallest absolute Gasteiger partial charge is 0.0853 e. The highest BCUT2D eigenvalue weighted by Gasteiger charge is 2.41. The van der Waals surface area contributed by atoms with E-state index in [0.29, 0.717) is 5.92 Å². The lowest BCUT2D eigenvalue weighted by Crippen LogP contribution is -2.42. The van der Waals surface area contributed by atoms with Gasteiger partial charge >= 0.3 is 0 Å². The summed E-state index contributed by atoms with van der Waals surface area (Å²) in [6, 6.07) is 0. The van der Waals surface area contributed by atoms with Crippen LogP contribution in [0.25, 0.3) is 0 Å². The van der Waals surface area contributed by atoms with E-state index in [0.717, 1.165) is 30.7 Å². The summed E-state index contributed by atoms with van der Waals surface area (Å²) < 4.78 is 7.92. The van der Waals surface area contributed by atoms with E-state index in [1.165, 1.54) is 32.1 Å². The average Bonchev–Trinajstić information content (AvgIpc) is 2.78. The summed E-state index contributed by atoms with van der Waals surface area (Å²) in [5.74, 6) is 0.310. The monoisotopic (exact) mass is 278 g/mol. The molecule has 112 valence electrons. The van der Waals surface area contributed by atoms with Crippen molar-refractivity contribution in [2.24, 2.45) is 13.0 Å². The summed E-state index contributed by atoms with van der Waals surface area (Å²) in [4.78, 5) is 0. The highest BCUT2D eigenvalue weighted by molar-refractivity contribution is 5.19. The van der Waals surface area contributed by atoms with Gasteiger partial charge in [-0.25, -0.2) is 0 Å². The second-order valence-corrected chi connectivity index (χ2v) is 6.63. The SMILES string of the molecule is Cc1nn(C)cc1C(O)C1CCOC2(CCCCC2)C1. The fraction of sp³-hybridized carbons (Fsp3) is 0.812. The molecule has 0 radical (unpaired) electrons. The van der Waals surface area contributed by atoms with Crippen LogP contribution in [0, 0.1) is 12.8 Å². The van der Waals surface area contributed by atoms with Gasteiger partial charge in [0.15, 0.2) is 0 Å². The van der Waals surface area contributed by atoms with Crippen molar-refractivity contribution in [1.29, 1.82) is 0 Å². The molecule has 1 aromatic rings. The van der Waals surface area contributed by atoms with Gasteiger partial charge in [-0.1, -0.05) is 19.3 Å². The molecule has 1 saturated heterocycles. The first-order valence-corrected chi connectivity index (χ1v) is 7.92. The van der Waals surface area contributed by atoms with E-state index in [9.17, 15) is 5.11 Å². The lowest BCUT2D eigenvalue weighted by atomic mass is 9.74. The van der Waals surface area contributed by atoms with Crippen molar-refractivity contribution in [2.45, 2.75) is 63.6 Å². The minimum Gasteiger partial charge on any atom is -0.388 e. The summed E-state index contributed by atoms with van der Waals surface area (Å²) in [5.41, 5.74) is 1.99. The molecule has 1 saturated carbocycles. The molecule has 2 aliphatic rings. The van der Waals surface area contributed by atoms with Crippen LogP contribution in [0.3, 0.4) is 0 Å². The van der Waals surface area contributed by atoms with Crippen molar-refractivity contribution in [3.05, 3.63) is 17.5 Å². The minimum absolute atomic E-state index is 0.0538. The number of aromatic nitrogens is 2. The zero-order chi connectivity index (χ0) is 14.2. The van der Waals surface area contributed by atoms with Crippen molar-refractivity contribution < 1.29 is 9.84 Å². The van der Waals surface area contributed by atoms with Gasteiger partial charge in [-0.15, -0.1) is 0 Å². The van der Waals surface area contributed by atoms with Crippen molar-refractivity contribution >= 4 is 0 Å². The van der Waals surface area contributed by atoms with Gasteiger partial charge in [0, 0.05) is 25.4 Å². The van der Waals surface area contributed by atoms with Crippen molar-refractivity contribution in [3.63, 3.8) is 0 Å². The fourth-order valence-corrected chi connectivity index (χ4v) is 4.04. The van der Waals surface area contributed by atoms with Gasteiger partial charge in [-0.2, -0.15) is 5.10 Å². The van der Waals surface area contributed by atoms with E-state index >= 15 is 0 Å². The molecule has 2 heterocycles. The van der Waals surface area contributed by atoms with Crippen molar-refractivity contribution in [3.8, 4) is 0 Å². The molecule has 1 spiro atoms. The van der Waals surface area contributed by atoms with Crippen molar-refractivity contribution in [2.75, 3.05) is 6.61 Å². The Hall–Kier alpha value is -0.870. The maximum atomic E-state index is 10.7. The third-order valence-electron chi connectivity index (χ3n) is 5.11. The highest BCUT2D eigenvalue weighted by Crippen LogP contribution is 2.44. The van der Waals surface area contributed by atoms with Gasteiger partial charge < -0.3 is 9.84 Å². The predicted octanol–water partition coefficient (Wildman–Crippen LogP) is 2.89. The molecule has 4 heteroatoms. The highest BCUT2D eigenvalue weighted by atomic mass is 16.5. The Morgan fingerprint density at radius 3 is 2.80 bits per heavy atom. The van der Waals surface area contributed by atoms with Crippen LogP contribution >= 0.6 is 0 Å². The van der Waals surface area contributed by atoms with E-state index in [1.54, 1.807) is 4.68 Å². The molecule has 1 aromatic heterocycles. The number of aliphatic hydroxyl groups excluding tert-OH is 1. The van der Waals surface area contributed by atoms with Crippen LogP contribution in [-0.4, -0.2) is 27.1 Å². The van der Waals surface area contributed by atoms with Gasteiger partial charge in [0.2, 0.25) is 0 Å². The molecule has 2 unspecified atom stereocenters. The van der Waals surface area contributed by atoms with Gasteiger partial charge in [-0.3, -0.25) is 4.68 Å². The number of aryl methyl sites for hydroxylation is 2. The van der Waals surface area contributed by atoms with E-state index in [4.69, 9.17) is 4.74 Å². The molecule has 1 N–H and O–H groups in total. The topological polar surface area (TPSA) is 47.3 Å².